The van der Waals surface area contributed by atoms with Crippen molar-refractivity contribution in [1.29, 1.82) is 0 Å². The lowest BCUT2D eigenvalue weighted by atomic mass is 10.2. The summed E-state index contributed by atoms with van der Waals surface area (Å²) in [6.45, 7) is 3.97. The second-order valence-electron chi connectivity index (χ2n) is 4.93. The predicted octanol–water partition coefficient (Wildman–Crippen LogP) is 3.39. The van der Waals surface area contributed by atoms with Crippen LogP contribution < -0.4 is 5.73 Å². The van der Waals surface area contributed by atoms with E-state index < -0.39 is 0 Å². The van der Waals surface area contributed by atoms with Gasteiger partial charge in [-0.25, -0.2) is 0 Å². The summed E-state index contributed by atoms with van der Waals surface area (Å²) in [7, 11) is 2.12. The number of rotatable bonds is 5. The lowest BCUT2D eigenvalue weighted by Crippen LogP contribution is -2.32. The van der Waals surface area contributed by atoms with Gasteiger partial charge in [0, 0.05) is 13.1 Å². The average Bonchev–Trinajstić information content (AvgIpc) is 2.83. The first-order chi connectivity index (χ1) is 8.02. The highest BCUT2D eigenvalue weighted by molar-refractivity contribution is 9.13. The van der Waals surface area contributed by atoms with Crippen LogP contribution in [0.2, 0.25) is 0 Å². The van der Waals surface area contributed by atoms with Gasteiger partial charge in [0.15, 0.2) is 4.67 Å². The minimum absolute atomic E-state index is 0.158. The molecular formula is C12H18Br2N2O. The maximum absolute atomic E-state index is 5.86. The molecule has 1 fully saturated rings. The standard InChI is InChI=1S/C12H18Br2N2O/c1-7-3-8(7)6-16(2)10(5-15)11-4-9(13)12(14)17-11/h4,7-8,10H,3,5-6,15H2,1-2H3. The first kappa shape index (κ1) is 13.6. The van der Waals surface area contributed by atoms with Crippen LogP contribution in [0.1, 0.15) is 25.1 Å². The summed E-state index contributed by atoms with van der Waals surface area (Å²) in [6.07, 6.45) is 1.34. The molecule has 96 valence electrons. The molecule has 3 atom stereocenters. The van der Waals surface area contributed by atoms with Crippen molar-refractivity contribution in [2.24, 2.45) is 17.6 Å². The molecule has 1 heterocycles. The Balaban J connectivity index is 2.04. The Morgan fingerprint density at radius 2 is 2.24 bits per heavy atom. The normalized spacial score (nSPS) is 25.3. The van der Waals surface area contributed by atoms with Gasteiger partial charge in [-0.15, -0.1) is 0 Å². The highest BCUT2D eigenvalue weighted by atomic mass is 79.9. The number of halogens is 2. The SMILES string of the molecule is CC1CC1CN(C)C(CN)c1cc(Br)c(Br)o1. The molecule has 5 heteroatoms. The summed E-state index contributed by atoms with van der Waals surface area (Å²) < 4.78 is 7.34. The molecule has 3 nitrogen and oxygen atoms in total. The van der Waals surface area contributed by atoms with Crippen molar-refractivity contribution in [3.8, 4) is 0 Å². The fourth-order valence-corrected chi connectivity index (χ4v) is 2.80. The summed E-state index contributed by atoms with van der Waals surface area (Å²) in [5, 5.41) is 0. The Morgan fingerprint density at radius 1 is 1.59 bits per heavy atom. The molecule has 2 N–H and O–H groups in total. The molecular weight excluding hydrogens is 348 g/mol. The van der Waals surface area contributed by atoms with E-state index in [-0.39, 0.29) is 6.04 Å². The quantitative estimate of drug-likeness (QED) is 0.869. The van der Waals surface area contributed by atoms with Crippen LogP contribution in [0.5, 0.6) is 0 Å². The van der Waals surface area contributed by atoms with Crippen LogP contribution in [-0.2, 0) is 0 Å². The number of nitrogens with zero attached hydrogens (tertiary/aromatic N) is 1. The smallest absolute Gasteiger partial charge is 0.183 e. The number of hydrogen-bond acceptors (Lipinski definition) is 3. The molecule has 2 rings (SSSR count). The number of likely N-dealkylation sites (N-methyl/N-ethyl adjacent to an activating group) is 1. The van der Waals surface area contributed by atoms with E-state index in [0.29, 0.717) is 6.54 Å². The Kier molecular flexibility index (Phi) is 4.34. The molecule has 0 aromatic carbocycles. The van der Waals surface area contributed by atoms with Crippen molar-refractivity contribution in [2.75, 3.05) is 20.1 Å². The van der Waals surface area contributed by atoms with Gasteiger partial charge in [0.2, 0.25) is 0 Å². The number of hydrogen-bond donors (Lipinski definition) is 1. The van der Waals surface area contributed by atoms with Gasteiger partial charge < -0.3 is 10.2 Å². The summed E-state index contributed by atoms with van der Waals surface area (Å²) in [5.41, 5.74) is 5.86. The minimum Gasteiger partial charge on any atom is -0.451 e. The van der Waals surface area contributed by atoms with Gasteiger partial charge in [-0.05, 0) is 63.2 Å². The van der Waals surface area contributed by atoms with Gasteiger partial charge in [0.1, 0.15) is 5.76 Å². The summed E-state index contributed by atoms with van der Waals surface area (Å²) >= 11 is 6.80. The van der Waals surface area contributed by atoms with Crippen LogP contribution in [0.3, 0.4) is 0 Å². The van der Waals surface area contributed by atoms with Crippen molar-refractivity contribution in [1.82, 2.24) is 4.90 Å². The first-order valence-electron chi connectivity index (χ1n) is 5.88. The molecule has 0 amide bonds. The van der Waals surface area contributed by atoms with Gasteiger partial charge in [-0.2, -0.15) is 0 Å². The van der Waals surface area contributed by atoms with E-state index >= 15 is 0 Å². The zero-order valence-electron chi connectivity index (χ0n) is 10.1. The van der Waals surface area contributed by atoms with Crippen molar-refractivity contribution < 1.29 is 4.42 Å². The molecule has 1 saturated carbocycles. The summed E-state index contributed by atoms with van der Waals surface area (Å²) in [6, 6.07) is 2.15. The van der Waals surface area contributed by atoms with Crippen LogP contribution in [0.25, 0.3) is 0 Å². The van der Waals surface area contributed by atoms with Crippen molar-refractivity contribution in [3.63, 3.8) is 0 Å². The molecule has 1 aliphatic carbocycles. The highest BCUT2D eigenvalue weighted by Gasteiger charge is 2.35. The van der Waals surface area contributed by atoms with E-state index in [1.165, 1.54) is 6.42 Å². The van der Waals surface area contributed by atoms with Gasteiger partial charge in [-0.1, -0.05) is 6.92 Å². The van der Waals surface area contributed by atoms with E-state index in [1.54, 1.807) is 0 Å². The van der Waals surface area contributed by atoms with E-state index in [1.807, 2.05) is 6.07 Å². The van der Waals surface area contributed by atoms with Crippen LogP contribution in [-0.4, -0.2) is 25.0 Å². The third-order valence-corrected chi connectivity index (χ3v) is 5.26. The molecule has 1 aromatic rings. The van der Waals surface area contributed by atoms with Gasteiger partial charge in [0.25, 0.3) is 0 Å². The Hall–Kier alpha value is 0.160. The third-order valence-electron chi connectivity index (χ3n) is 3.55. The van der Waals surface area contributed by atoms with Crippen LogP contribution in [0, 0.1) is 11.8 Å². The molecule has 3 unspecified atom stereocenters. The molecule has 0 radical (unpaired) electrons. The monoisotopic (exact) mass is 364 g/mol. The second kappa shape index (κ2) is 5.43. The van der Waals surface area contributed by atoms with Crippen molar-refractivity contribution in [2.45, 2.75) is 19.4 Å². The average molecular weight is 366 g/mol. The van der Waals surface area contributed by atoms with Crippen LogP contribution >= 0.6 is 31.9 Å². The number of nitrogens with two attached hydrogens (primary N) is 1. The molecule has 0 bridgehead atoms. The van der Waals surface area contributed by atoms with Crippen LogP contribution in [0.4, 0.5) is 0 Å². The Labute approximate surface area is 119 Å². The lowest BCUT2D eigenvalue weighted by Gasteiger charge is -2.25. The van der Waals surface area contributed by atoms with E-state index in [0.717, 1.165) is 33.3 Å². The molecule has 1 aromatic heterocycles. The number of furan rings is 1. The molecule has 0 spiro atoms. The fourth-order valence-electron chi connectivity index (χ4n) is 2.19. The molecule has 17 heavy (non-hydrogen) atoms. The maximum Gasteiger partial charge on any atom is 0.183 e. The minimum atomic E-state index is 0.158. The van der Waals surface area contributed by atoms with Gasteiger partial charge in [0.05, 0.1) is 10.5 Å². The van der Waals surface area contributed by atoms with E-state index in [2.05, 4.69) is 50.7 Å². The highest BCUT2D eigenvalue weighted by Crippen LogP contribution is 2.39. The van der Waals surface area contributed by atoms with Crippen LogP contribution in [0.15, 0.2) is 19.6 Å². The molecule has 0 aliphatic heterocycles. The Morgan fingerprint density at radius 3 is 2.65 bits per heavy atom. The second-order valence-corrected chi connectivity index (χ2v) is 6.51. The fraction of sp³-hybridized carbons (Fsp3) is 0.667. The van der Waals surface area contributed by atoms with E-state index in [9.17, 15) is 0 Å². The topological polar surface area (TPSA) is 42.4 Å². The van der Waals surface area contributed by atoms with Gasteiger partial charge >= 0.3 is 0 Å². The first-order valence-corrected chi connectivity index (χ1v) is 7.46. The summed E-state index contributed by atoms with van der Waals surface area (Å²) in [4.78, 5) is 2.30. The zero-order chi connectivity index (χ0) is 12.6. The third kappa shape index (κ3) is 3.13. The predicted molar refractivity (Wildman–Crippen MR) is 75.8 cm³/mol. The maximum atomic E-state index is 5.86. The largest absolute Gasteiger partial charge is 0.451 e. The lowest BCUT2D eigenvalue weighted by molar-refractivity contribution is 0.208. The van der Waals surface area contributed by atoms with Gasteiger partial charge in [-0.3, -0.25) is 4.90 Å². The van der Waals surface area contributed by atoms with E-state index in [4.69, 9.17) is 10.2 Å². The molecule has 0 saturated heterocycles. The zero-order valence-corrected chi connectivity index (χ0v) is 13.3. The molecule has 1 aliphatic rings. The summed E-state index contributed by atoms with van der Waals surface area (Å²) in [5.74, 6) is 2.61. The Bertz CT molecular complexity index is 374. The van der Waals surface area contributed by atoms with Crippen molar-refractivity contribution in [3.05, 3.63) is 21.0 Å². The van der Waals surface area contributed by atoms with Crippen molar-refractivity contribution >= 4 is 31.9 Å².